The molecule has 0 radical (unpaired) electrons. The van der Waals surface area contributed by atoms with E-state index in [1.165, 1.54) is 12.8 Å². The van der Waals surface area contributed by atoms with E-state index >= 15 is 0 Å². The van der Waals surface area contributed by atoms with Gasteiger partial charge in [0.15, 0.2) is 5.78 Å². The highest BCUT2D eigenvalue weighted by molar-refractivity contribution is 5.86. The zero-order chi connectivity index (χ0) is 17.3. The lowest BCUT2D eigenvalue weighted by Crippen LogP contribution is -2.57. The van der Waals surface area contributed by atoms with Crippen LogP contribution in [0.4, 0.5) is 0 Å². The summed E-state index contributed by atoms with van der Waals surface area (Å²) in [4.78, 5) is 12.2. The summed E-state index contributed by atoms with van der Waals surface area (Å²) in [5, 5.41) is 21.1. The Hall–Kier alpha value is -0.830. The summed E-state index contributed by atoms with van der Waals surface area (Å²) in [7, 11) is 0. The smallest absolute Gasteiger partial charge is 0.161 e. The number of aliphatic hydroxyl groups excluding tert-OH is 1. The number of Topliss-reactive ketones (excluding diaryl/α,β-unsaturated/α-hetero) is 1. The van der Waals surface area contributed by atoms with Crippen LogP contribution in [0.15, 0.2) is 11.8 Å². The lowest BCUT2D eigenvalue weighted by molar-refractivity contribution is -0.165. The molecule has 0 aliphatic heterocycles. The zero-order valence-electron chi connectivity index (χ0n) is 15.3. The number of carbonyl (C=O) groups is 1. The lowest BCUT2D eigenvalue weighted by Gasteiger charge is -2.60. The Morgan fingerprint density at radius 3 is 2.54 bits per heavy atom. The van der Waals surface area contributed by atoms with Gasteiger partial charge in [-0.1, -0.05) is 13.8 Å². The molecule has 3 fully saturated rings. The van der Waals surface area contributed by atoms with Crippen LogP contribution in [0.1, 0.15) is 72.1 Å². The molecule has 0 aromatic heterocycles. The minimum absolute atomic E-state index is 0.0311. The van der Waals surface area contributed by atoms with E-state index in [1.54, 1.807) is 6.92 Å². The first-order chi connectivity index (χ1) is 11.2. The van der Waals surface area contributed by atoms with Crippen molar-refractivity contribution in [3.8, 4) is 0 Å². The molecule has 0 heterocycles. The largest absolute Gasteiger partial charge is 0.513 e. The van der Waals surface area contributed by atoms with Crippen LogP contribution in [-0.4, -0.2) is 21.6 Å². The zero-order valence-corrected chi connectivity index (χ0v) is 15.3. The number of allylic oxidation sites excluding steroid dienone is 2. The van der Waals surface area contributed by atoms with Crippen LogP contribution in [0, 0.1) is 34.5 Å². The van der Waals surface area contributed by atoms with Crippen molar-refractivity contribution in [3.63, 3.8) is 0 Å². The molecule has 0 aromatic rings. The molecular formula is C21H32O3. The second kappa shape index (κ2) is 5.09. The van der Waals surface area contributed by atoms with Gasteiger partial charge in [0, 0.05) is 11.8 Å². The van der Waals surface area contributed by atoms with Gasteiger partial charge in [0.2, 0.25) is 0 Å². The molecule has 3 heteroatoms. The number of hydrogen-bond acceptors (Lipinski definition) is 3. The molecule has 0 spiro atoms. The Morgan fingerprint density at radius 1 is 1.12 bits per heavy atom. The van der Waals surface area contributed by atoms with Crippen molar-refractivity contribution >= 4 is 5.78 Å². The average Bonchev–Trinajstić information content (AvgIpc) is 2.81. The summed E-state index contributed by atoms with van der Waals surface area (Å²) in [5.41, 5.74) is -1.06. The van der Waals surface area contributed by atoms with E-state index in [9.17, 15) is 15.0 Å². The summed E-state index contributed by atoms with van der Waals surface area (Å²) in [5.74, 6) is 2.93. The van der Waals surface area contributed by atoms with E-state index in [2.05, 4.69) is 13.8 Å². The van der Waals surface area contributed by atoms with Crippen LogP contribution in [0.25, 0.3) is 0 Å². The Morgan fingerprint density at radius 2 is 1.83 bits per heavy atom. The van der Waals surface area contributed by atoms with Gasteiger partial charge >= 0.3 is 0 Å². The molecule has 24 heavy (non-hydrogen) atoms. The monoisotopic (exact) mass is 332 g/mol. The number of hydrogen-bond donors (Lipinski definition) is 2. The molecule has 3 nitrogen and oxygen atoms in total. The molecule has 134 valence electrons. The number of aliphatic hydroxyl groups is 2. The van der Waals surface area contributed by atoms with Crippen molar-refractivity contribution in [1.82, 2.24) is 0 Å². The van der Waals surface area contributed by atoms with E-state index in [4.69, 9.17) is 0 Å². The van der Waals surface area contributed by atoms with Crippen molar-refractivity contribution in [1.29, 1.82) is 0 Å². The van der Waals surface area contributed by atoms with Crippen LogP contribution in [0.2, 0.25) is 0 Å². The van der Waals surface area contributed by atoms with Crippen LogP contribution < -0.4 is 0 Å². The maximum atomic E-state index is 12.2. The van der Waals surface area contributed by atoms with Gasteiger partial charge in [0.1, 0.15) is 5.60 Å². The molecule has 4 aliphatic carbocycles. The van der Waals surface area contributed by atoms with E-state index in [1.807, 2.05) is 6.08 Å². The van der Waals surface area contributed by atoms with E-state index in [0.717, 1.165) is 32.1 Å². The maximum absolute atomic E-state index is 12.2. The molecule has 4 rings (SSSR count). The van der Waals surface area contributed by atoms with Gasteiger partial charge in [-0.05, 0) is 87.0 Å². The van der Waals surface area contributed by atoms with Crippen molar-refractivity contribution in [2.24, 2.45) is 34.5 Å². The predicted molar refractivity (Wildman–Crippen MR) is 93.5 cm³/mol. The molecule has 0 amide bonds. The van der Waals surface area contributed by atoms with Crippen molar-refractivity contribution in [2.45, 2.75) is 77.7 Å². The Balaban J connectivity index is 1.67. The van der Waals surface area contributed by atoms with Crippen molar-refractivity contribution < 1.29 is 15.0 Å². The van der Waals surface area contributed by atoms with E-state index in [-0.39, 0.29) is 16.6 Å². The Kier molecular flexibility index (Phi) is 3.53. The van der Waals surface area contributed by atoms with E-state index < -0.39 is 5.60 Å². The molecule has 0 saturated heterocycles. The van der Waals surface area contributed by atoms with Gasteiger partial charge in [-0.25, -0.2) is 0 Å². The summed E-state index contributed by atoms with van der Waals surface area (Å²) in [6.07, 6.45) is 10.00. The number of rotatable bonds is 1. The van der Waals surface area contributed by atoms with Gasteiger partial charge < -0.3 is 10.2 Å². The third kappa shape index (κ3) is 1.91. The molecule has 2 N–H and O–H groups in total. The molecule has 4 aliphatic rings. The van der Waals surface area contributed by atoms with Crippen LogP contribution in [0.5, 0.6) is 0 Å². The molecule has 0 unspecified atom stereocenters. The topological polar surface area (TPSA) is 57.5 Å². The molecule has 0 bridgehead atoms. The third-order valence-electron chi connectivity index (χ3n) is 9.03. The average molecular weight is 332 g/mol. The van der Waals surface area contributed by atoms with Gasteiger partial charge in [-0.15, -0.1) is 0 Å². The second-order valence-electron chi connectivity index (χ2n) is 9.67. The fourth-order valence-corrected chi connectivity index (χ4v) is 7.46. The first-order valence-electron chi connectivity index (χ1n) is 9.84. The van der Waals surface area contributed by atoms with Crippen molar-refractivity contribution in [3.05, 3.63) is 11.8 Å². The summed E-state index contributed by atoms with van der Waals surface area (Å²) in [6.45, 7) is 6.20. The summed E-state index contributed by atoms with van der Waals surface area (Å²) in [6, 6.07) is 0. The Labute approximate surface area is 145 Å². The highest BCUT2D eigenvalue weighted by Gasteiger charge is 2.65. The van der Waals surface area contributed by atoms with Gasteiger partial charge in [0.05, 0.1) is 5.76 Å². The molecule has 7 atom stereocenters. The Bertz CT molecular complexity index is 596. The van der Waals surface area contributed by atoms with Gasteiger partial charge in [0.25, 0.3) is 0 Å². The second-order valence-corrected chi connectivity index (χ2v) is 9.67. The first-order valence-corrected chi connectivity index (χ1v) is 9.84. The number of fused-ring (bicyclic) bond motifs is 5. The quantitative estimate of drug-likeness (QED) is 0.748. The van der Waals surface area contributed by atoms with E-state index in [0.29, 0.717) is 35.9 Å². The number of ketones is 1. The standard InChI is InChI=1S/C21H32O3/c1-13(22)21(24)11-8-18-16-5-4-14-12-15(23)6-9-19(14,2)17(16)7-10-20(18,21)3/h6,14,16-18,23-24H,4-5,7-12H2,1-3H3/t14-,16+,17-,18-,19-,20-,21-/m0/s1. The highest BCUT2D eigenvalue weighted by atomic mass is 16.3. The summed E-state index contributed by atoms with van der Waals surface area (Å²) < 4.78 is 0. The normalized spacial score (nSPS) is 53.6. The van der Waals surface area contributed by atoms with Crippen molar-refractivity contribution in [2.75, 3.05) is 0 Å². The van der Waals surface area contributed by atoms with Gasteiger partial charge in [-0.3, -0.25) is 4.79 Å². The minimum atomic E-state index is -1.11. The molecule has 0 aromatic carbocycles. The molecular weight excluding hydrogens is 300 g/mol. The molecule has 3 saturated carbocycles. The van der Waals surface area contributed by atoms with Crippen LogP contribution in [-0.2, 0) is 4.79 Å². The van der Waals surface area contributed by atoms with Crippen LogP contribution in [0.3, 0.4) is 0 Å². The first kappa shape index (κ1) is 16.6. The maximum Gasteiger partial charge on any atom is 0.161 e. The minimum Gasteiger partial charge on any atom is -0.513 e. The predicted octanol–water partition coefficient (Wildman–Crippen LogP) is 4.40. The highest BCUT2D eigenvalue weighted by Crippen LogP contribution is 2.68. The number of carbonyl (C=O) groups excluding carboxylic acids is 1. The van der Waals surface area contributed by atoms with Gasteiger partial charge in [-0.2, -0.15) is 0 Å². The summed E-state index contributed by atoms with van der Waals surface area (Å²) >= 11 is 0. The third-order valence-corrected chi connectivity index (χ3v) is 9.03. The SMILES string of the molecule is CC(=O)[C@@]1(O)CC[C@H]2[C@@H]3CC[C@H]4CC(O)=CC[C@]4(C)[C@H]3CC[C@@]21C. The lowest BCUT2D eigenvalue weighted by atomic mass is 9.45. The fraction of sp³-hybridized carbons (Fsp3) is 0.857. The fourth-order valence-electron chi connectivity index (χ4n) is 7.46. The van der Waals surface area contributed by atoms with Crippen LogP contribution >= 0.6 is 0 Å².